The molecular formula is C19H26N4O2. The summed E-state index contributed by atoms with van der Waals surface area (Å²) in [6.07, 6.45) is 3.41. The summed E-state index contributed by atoms with van der Waals surface area (Å²) in [7, 11) is 0. The monoisotopic (exact) mass is 342 g/mol. The van der Waals surface area contributed by atoms with Crippen molar-refractivity contribution < 1.29 is 4.74 Å². The molecule has 1 aromatic carbocycles. The molecule has 0 spiro atoms. The van der Waals surface area contributed by atoms with Crippen molar-refractivity contribution in [1.82, 2.24) is 19.7 Å². The van der Waals surface area contributed by atoms with Crippen molar-refractivity contribution in [3.8, 4) is 5.75 Å². The van der Waals surface area contributed by atoms with Crippen molar-refractivity contribution >= 4 is 0 Å². The molecule has 6 nitrogen and oxygen atoms in total. The maximum absolute atomic E-state index is 11.8. The number of aromatic nitrogens is 3. The van der Waals surface area contributed by atoms with E-state index in [0.29, 0.717) is 18.6 Å². The fourth-order valence-electron chi connectivity index (χ4n) is 4.13. The van der Waals surface area contributed by atoms with E-state index in [1.54, 1.807) is 4.57 Å². The van der Waals surface area contributed by atoms with Crippen LogP contribution in [-0.4, -0.2) is 38.9 Å². The summed E-state index contributed by atoms with van der Waals surface area (Å²) >= 11 is 0. The Hall–Kier alpha value is -2.08. The number of aromatic amines is 1. The van der Waals surface area contributed by atoms with Gasteiger partial charge in [-0.2, -0.15) is 5.10 Å². The van der Waals surface area contributed by atoms with Gasteiger partial charge in [0.15, 0.2) is 0 Å². The van der Waals surface area contributed by atoms with Gasteiger partial charge in [-0.25, -0.2) is 9.89 Å². The van der Waals surface area contributed by atoms with Crippen LogP contribution in [0.15, 0.2) is 23.0 Å². The van der Waals surface area contributed by atoms with E-state index >= 15 is 0 Å². The van der Waals surface area contributed by atoms with Crippen LogP contribution < -0.4 is 10.4 Å². The Morgan fingerprint density at radius 1 is 1.32 bits per heavy atom. The number of benzene rings is 1. The molecule has 4 rings (SSSR count). The van der Waals surface area contributed by atoms with Gasteiger partial charge in [0.25, 0.3) is 0 Å². The molecule has 2 aromatic rings. The summed E-state index contributed by atoms with van der Waals surface area (Å²) < 4.78 is 7.55. The number of H-pyrrole nitrogens is 1. The molecule has 0 aliphatic carbocycles. The zero-order valence-electron chi connectivity index (χ0n) is 15.0. The van der Waals surface area contributed by atoms with E-state index in [2.05, 4.69) is 40.2 Å². The van der Waals surface area contributed by atoms with Crippen molar-refractivity contribution in [3.05, 3.63) is 45.6 Å². The Labute approximate surface area is 147 Å². The molecule has 0 saturated carbocycles. The maximum Gasteiger partial charge on any atom is 0.343 e. The van der Waals surface area contributed by atoms with Crippen LogP contribution >= 0.6 is 0 Å². The Bertz CT molecular complexity index is 802. The van der Waals surface area contributed by atoms with Crippen LogP contribution in [0.5, 0.6) is 5.75 Å². The molecule has 0 unspecified atom stereocenters. The van der Waals surface area contributed by atoms with Gasteiger partial charge in [0.2, 0.25) is 0 Å². The predicted molar refractivity (Wildman–Crippen MR) is 96.0 cm³/mol. The van der Waals surface area contributed by atoms with Gasteiger partial charge in [0, 0.05) is 25.4 Å². The average Bonchev–Trinajstić information content (AvgIpc) is 3.16. The maximum atomic E-state index is 11.8. The molecule has 1 N–H and O–H groups in total. The predicted octanol–water partition coefficient (Wildman–Crippen LogP) is 2.29. The molecule has 1 aromatic heterocycles. The van der Waals surface area contributed by atoms with E-state index in [4.69, 9.17) is 4.74 Å². The quantitative estimate of drug-likeness (QED) is 0.926. The number of ether oxygens (including phenoxy) is 1. The van der Waals surface area contributed by atoms with Crippen LogP contribution in [0.4, 0.5) is 0 Å². The Balaban J connectivity index is 1.38. The smallest absolute Gasteiger partial charge is 0.343 e. The zero-order chi connectivity index (χ0) is 17.4. The molecule has 0 bridgehead atoms. The van der Waals surface area contributed by atoms with E-state index in [9.17, 15) is 4.79 Å². The molecule has 1 fully saturated rings. The number of nitrogens with one attached hydrogen (secondary N) is 1. The molecule has 0 amide bonds. The number of nitrogens with zero attached hydrogens (tertiary/aromatic N) is 3. The van der Waals surface area contributed by atoms with Gasteiger partial charge in [-0.15, -0.1) is 0 Å². The summed E-state index contributed by atoms with van der Waals surface area (Å²) in [6, 6.07) is 6.60. The van der Waals surface area contributed by atoms with E-state index in [0.717, 1.165) is 50.5 Å². The fourth-order valence-corrected chi connectivity index (χ4v) is 4.13. The van der Waals surface area contributed by atoms with Crippen molar-refractivity contribution in [2.24, 2.45) is 0 Å². The lowest BCUT2D eigenvalue weighted by Gasteiger charge is -2.31. The second-order valence-electron chi connectivity index (χ2n) is 7.26. The second kappa shape index (κ2) is 6.67. The largest absolute Gasteiger partial charge is 0.490 e. The number of rotatable bonds is 4. The van der Waals surface area contributed by atoms with E-state index in [1.807, 2.05) is 6.92 Å². The Morgan fingerprint density at radius 2 is 2.12 bits per heavy atom. The standard InChI is InChI=1S/C19H26N4O2/c1-3-23-18(20-21-19(23)24)15-6-8-22(9-7-15)12-14-4-5-17-16(11-14)10-13(2)25-17/h4-5,11,13,15H,3,6-10,12H2,1-2H3,(H,21,24)/t13-/m1/s1. The fraction of sp³-hybridized carbons (Fsp3) is 0.579. The topological polar surface area (TPSA) is 63.1 Å². The molecule has 3 heterocycles. The van der Waals surface area contributed by atoms with Gasteiger partial charge in [0.1, 0.15) is 17.7 Å². The summed E-state index contributed by atoms with van der Waals surface area (Å²) in [5.41, 5.74) is 2.61. The lowest BCUT2D eigenvalue weighted by Crippen LogP contribution is -2.33. The zero-order valence-corrected chi connectivity index (χ0v) is 15.0. The highest BCUT2D eigenvalue weighted by Crippen LogP contribution is 2.31. The van der Waals surface area contributed by atoms with Gasteiger partial charge in [-0.1, -0.05) is 12.1 Å². The minimum atomic E-state index is -0.0884. The molecule has 2 aliphatic heterocycles. The van der Waals surface area contributed by atoms with Crippen molar-refractivity contribution in [3.63, 3.8) is 0 Å². The van der Waals surface area contributed by atoms with Crippen LogP contribution in [0.3, 0.4) is 0 Å². The molecular weight excluding hydrogens is 316 g/mol. The molecule has 0 radical (unpaired) electrons. The Kier molecular flexibility index (Phi) is 4.37. The number of piperidine rings is 1. The third kappa shape index (κ3) is 3.23. The Morgan fingerprint density at radius 3 is 2.88 bits per heavy atom. The molecule has 134 valence electrons. The lowest BCUT2D eigenvalue weighted by atomic mass is 9.95. The summed E-state index contributed by atoms with van der Waals surface area (Å²) in [5, 5.41) is 6.85. The van der Waals surface area contributed by atoms with Crippen molar-refractivity contribution in [2.45, 2.75) is 58.2 Å². The second-order valence-corrected chi connectivity index (χ2v) is 7.26. The molecule has 25 heavy (non-hydrogen) atoms. The molecule has 1 atom stereocenters. The first kappa shape index (κ1) is 16.4. The van der Waals surface area contributed by atoms with Crippen LogP contribution in [0.1, 0.15) is 49.6 Å². The average molecular weight is 342 g/mol. The normalized spacial score (nSPS) is 21.3. The van der Waals surface area contributed by atoms with Gasteiger partial charge < -0.3 is 4.74 Å². The summed E-state index contributed by atoms with van der Waals surface area (Å²) in [6.45, 7) is 7.86. The van der Waals surface area contributed by atoms with Crippen LogP contribution in [0.2, 0.25) is 0 Å². The molecule has 1 saturated heterocycles. The van der Waals surface area contributed by atoms with E-state index in [-0.39, 0.29) is 5.69 Å². The van der Waals surface area contributed by atoms with Crippen molar-refractivity contribution in [1.29, 1.82) is 0 Å². The van der Waals surface area contributed by atoms with Gasteiger partial charge in [0.05, 0.1) is 0 Å². The molecule has 6 heteroatoms. The number of likely N-dealkylation sites (tertiary alicyclic amines) is 1. The minimum absolute atomic E-state index is 0.0884. The SMILES string of the molecule is CCn1c(C2CCN(Cc3ccc4c(c3)C[C@@H](C)O4)CC2)n[nH]c1=O. The summed E-state index contributed by atoms with van der Waals surface area (Å²) in [4.78, 5) is 14.3. The molecule has 2 aliphatic rings. The van der Waals surface area contributed by atoms with Gasteiger partial charge in [-0.3, -0.25) is 9.47 Å². The first-order valence-corrected chi connectivity index (χ1v) is 9.30. The van der Waals surface area contributed by atoms with Crippen LogP contribution in [-0.2, 0) is 19.5 Å². The van der Waals surface area contributed by atoms with Crippen LogP contribution in [0.25, 0.3) is 0 Å². The summed E-state index contributed by atoms with van der Waals surface area (Å²) in [5.74, 6) is 2.35. The number of hydrogen-bond donors (Lipinski definition) is 1. The first-order valence-electron chi connectivity index (χ1n) is 9.30. The highest BCUT2D eigenvalue weighted by atomic mass is 16.5. The van der Waals surface area contributed by atoms with Crippen molar-refractivity contribution in [2.75, 3.05) is 13.1 Å². The minimum Gasteiger partial charge on any atom is -0.490 e. The van der Waals surface area contributed by atoms with Gasteiger partial charge >= 0.3 is 5.69 Å². The highest BCUT2D eigenvalue weighted by molar-refractivity contribution is 5.40. The van der Waals surface area contributed by atoms with E-state index < -0.39 is 0 Å². The highest BCUT2D eigenvalue weighted by Gasteiger charge is 2.25. The van der Waals surface area contributed by atoms with Gasteiger partial charge in [-0.05, 0) is 57.0 Å². The third-order valence-electron chi connectivity index (χ3n) is 5.42. The third-order valence-corrected chi connectivity index (χ3v) is 5.42. The number of hydrogen-bond acceptors (Lipinski definition) is 4. The van der Waals surface area contributed by atoms with Crippen LogP contribution in [0, 0.1) is 0 Å². The lowest BCUT2D eigenvalue weighted by molar-refractivity contribution is 0.200. The first-order chi connectivity index (χ1) is 12.1. The number of fused-ring (bicyclic) bond motifs is 1. The van der Waals surface area contributed by atoms with E-state index in [1.165, 1.54) is 11.1 Å².